The largest absolute Gasteiger partial charge is 0.462 e. The second-order valence-electron chi connectivity index (χ2n) is 2.21. The van der Waals surface area contributed by atoms with Gasteiger partial charge in [0.1, 0.15) is 4.60 Å². The standard InChI is InChI=1S/C8H7BrClNO2/c1-2-13-8(12)6-3-5(10)4-11-7(6)9/h3-4H,2H2,1H3. The third kappa shape index (κ3) is 2.67. The topological polar surface area (TPSA) is 39.2 Å². The lowest BCUT2D eigenvalue weighted by Crippen LogP contribution is -2.06. The summed E-state index contributed by atoms with van der Waals surface area (Å²) in [5.74, 6) is -0.427. The zero-order valence-corrected chi connectivity index (χ0v) is 9.22. The summed E-state index contributed by atoms with van der Waals surface area (Å²) >= 11 is 8.80. The van der Waals surface area contributed by atoms with Gasteiger partial charge in [0.15, 0.2) is 0 Å². The number of esters is 1. The van der Waals surface area contributed by atoms with Crippen molar-refractivity contribution in [1.29, 1.82) is 0 Å². The van der Waals surface area contributed by atoms with E-state index >= 15 is 0 Å². The molecule has 0 amide bonds. The van der Waals surface area contributed by atoms with E-state index in [1.165, 1.54) is 12.3 Å². The molecule has 0 N–H and O–H groups in total. The Morgan fingerprint density at radius 3 is 3.08 bits per heavy atom. The van der Waals surface area contributed by atoms with E-state index in [2.05, 4.69) is 20.9 Å². The molecule has 1 rings (SSSR count). The van der Waals surface area contributed by atoms with Gasteiger partial charge in [-0.2, -0.15) is 0 Å². The van der Waals surface area contributed by atoms with Crippen molar-refractivity contribution in [2.24, 2.45) is 0 Å². The van der Waals surface area contributed by atoms with Crippen molar-refractivity contribution in [3.63, 3.8) is 0 Å². The van der Waals surface area contributed by atoms with Gasteiger partial charge in [-0.3, -0.25) is 0 Å². The van der Waals surface area contributed by atoms with Crippen LogP contribution in [0.3, 0.4) is 0 Å². The Bertz CT molecular complexity index is 330. The molecule has 0 saturated heterocycles. The number of hydrogen-bond donors (Lipinski definition) is 0. The van der Waals surface area contributed by atoms with Crippen molar-refractivity contribution in [3.05, 3.63) is 27.5 Å². The Labute approximate surface area is 89.2 Å². The van der Waals surface area contributed by atoms with Gasteiger partial charge in [-0.1, -0.05) is 11.6 Å². The first-order valence-electron chi connectivity index (χ1n) is 3.63. The molecule has 0 aliphatic carbocycles. The molecular formula is C8H7BrClNO2. The quantitative estimate of drug-likeness (QED) is 0.609. The van der Waals surface area contributed by atoms with Gasteiger partial charge in [-0.15, -0.1) is 0 Å². The molecule has 1 aromatic heterocycles. The molecule has 0 atom stereocenters. The van der Waals surface area contributed by atoms with Gasteiger partial charge in [-0.25, -0.2) is 9.78 Å². The second kappa shape index (κ2) is 4.58. The van der Waals surface area contributed by atoms with Gasteiger partial charge < -0.3 is 4.74 Å². The fourth-order valence-electron chi connectivity index (χ4n) is 0.775. The van der Waals surface area contributed by atoms with Gasteiger partial charge in [0.2, 0.25) is 0 Å². The Balaban J connectivity index is 2.99. The van der Waals surface area contributed by atoms with Gasteiger partial charge in [0.05, 0.1) is 17.2 Å². The fourth-order valence-corrected chi connectivity index (χ4v) is 1.31. The highest BCUT2D eigenvalue weighted by Gasteiger charge is 2.12. The summed E-state index contributed by atoms with van der Waals surface area (Å²) < 4.78 is 5.24. The molecule has 0 radical (unpaired) electrons. The molecule has 0 aliphatic rings. The van der Waals surface area contributed by atoms with Crippen LogP contribution in [0.4, 0.5) is 0 Å². The van der Waals surface area contributed by atoms with Crippen molar-refractivity contribution >= 4 is 33.5 Å². The lowest BCUT2D eigenvalue weighted by Gasteiger charge is -2.03. The van der Waals surface area contributed by atoms with E-state index in [9.17, 15) is 4.79 Å². The van der Waals surface area contributed by atoms with Crippen LogP contribution in [0, 0.1) is 0 Å². The molecule has 0 fully saturated rings. The minimum absolute atomic E-state index is 0.331. The predicted molar refractivity (Wildman–Crippen MR) is 52.9 cm³/mol. The smallest absolute Gasteiger partial charge is 0.340 e. The average Bonchev–Trinajstić information content (AvgIpc) is 2.09. The average molecular weight is 265 g/mol. The maximum absolute atomic E-state index is 11.3. The molecule has 5 heteroatoms. The predicted octanol–water partition coefficient (Wildman–Crippen LogP) is 2.67. The van der Waals surface area contributed by atoms with Crippen molar-refractivity contribution in [1.82, 2.24) is 4.98 Å². The summed E-state index contributed by atoms with van der Waals surface area (Å²) in [4.78, 5) is 15.1. The maximum atomic E-state index is 11.3. The summed E-state index contributed by atoms with van der Waals surface area (Å²) in [6.45, 7) is 2.07. The van der Waals surface area contributed by atoms with Gasteiger partial charge in [0.25, 0.3) is 0 Å². The highest BCUT2D eigenvalue weighted by molar-refractivity contribution is 9.10. The first-order chi connectivity index (χ1) is 6.15. The summed E-state index contributed by atoms with van der Waals surface area (Å²) in [5.41, 5.74) is 0.342. The van der Waals surface area contributed by atoms with E-state index in [0.29, 0.717) is 21.8 Å². The third-order valence-corrected chi connectivity index (χ3v) is 2.14. The molecule has 0 spiro atoms. The van der Waals surface area contributed by atoms with Gasteiger partial charge >= 0.3 is 5.97 Å². The summed E-state index contributed by atoms with van der Waals surface area (Å²) in [5, 5.41) is 0.409. The molecule has 1 heterocycles. The summed E-state index contributed by atoms with van der Waals surface area (Å²) in [7, 11) is 0. The minimum atomic E-state index is -0.427. The molecule has 0 saturated carbocycles. The van der Waals surface area contributed by atoms with Crippen LogP contribution in [0.25, 0.3) is 0 Å². The van der Waals surface area contributed by atoms with Crippen LogP contribution >= 0.6 is 27.5 Å². The molecule has 0 bridgehead atoms. The van der Waals surface area contributed by atoms with E-state index in [1.807, 2.05) is 0 Å². The molecule has 0 aromatic carbocycles. The van der Waals surface area contributed by atoms with E-state index in [1.54, 1.807) is 6.92 Å². The van der Waals surface area contributed by atoms with E-state index in [4.69, 9.17) is 16.3 Å². The van der Waals surface area contributed by atoms with Crippen molar-refractivity contribution in [2.75, 3.05) is 6.61 Å². The maximum Gasteiger partial charge on any atom is 0.340 e. The summed E-state index contributed by atoms with van der Waals surface area (Å²) in [6.07, 6.45) is 1.45. The van der Waals surface area contributed by atoms with E-state index < -0.39 is 5.97 Å². The molecule has 70 valence electrons. The monoisotopic (exact) mass is 263 g/mol. The minimum Gasteiger partial charge on any atom is -0.462 e. The van der Waals surface area contributed by atoms with E-state index in [0.717, 1.165) is 0 Å². The van der Waals surface area contributed by atoms with Crippen LogP contribution in [0.5, 0.6) is 0 Å². The zero-order chi connectivity index (χ0) is 9.84. The number of pyridine rings is 1. The molecule has 0 aliphatic heterocycles. The number of rotatable bonds is 2. The number of carbonyl (C=O) groups is 1. The van der Waals surface area contributed by atoms with Crippen molar-refractivity contribution in [3.8, 4) is 0 Å². The number of aromatic nitrogens is 1. The lowest BCUT2D eigenvalue weighted by molar-refractivity contribution is 0.0524. The second-order valence-corrected chi connectivity index (χ2v) is 3.40. The van der Waals surface area contributed by atoms with Crippen LogP contribution in [0.2, 0.25) is 5.02 Å². The Kier molecular flexibility index (Phi) is 3.69. The van der Waals surface area contributed by atoms with Crippen LogP contribution < -0.4 is 0 Å². The van der Waals surface area contributed by atoms with E-state index in [-0.39, 0.29) is 0 Å². The SMILES string of the molecule is CCOC(=O)c1cc(Cl)cnc1Br. The highest BCUT2D eigenvalue weighted by Crippen LogP contribution is 2.18. The van der Waals surface area contributed by atoms with Gasteiger partial charge in [0, 0.05) is 6.20 Å². The fraction of sp³-hybridized carbons (Fsp3) is 0.250. The molecule has 0 unspecified atom stereocenters. The van der Waals surface area contributed by atoms with Crippen LogP contribution in [-0.4, -0.2) is 17.6 Å². The molecule has 1 aromatic rings. The third-order valence-electron chi connectivity index (χ3n) is 1.30. The molecule has 3 nitrogen and oxygen atoms in total. The first kappa shape index (κ1) is 10.5. The number of halogens is 2. The summed E-state index contributed by atoms with van der Waals surface area (Å²) in [6, 6.07) is 1.51. The Hall–Kier alpha value is -0.610. The Morgan fingerprint density at radius 2 is 2.46 bits per heavy atom. The van der Waals surface area contributed by atoms with Crippen molar-refractivity contribution in [2.45, 2.75) is 6.92 Å². The molecular weight excluding hydrogens is 257 g/mol. The number of carbonyl (C=O) groups excluding carboxylic acids is 1. The van der Waals surface area contributed by atoms with Crippen molar-refractivity contribution < 1.29 is 9.53 Å². The first-order valence-corrected chi connectivity index (χ1v) is 4.80. The number of hydrogen-bond acceptors (Lipinski definition) is 3. The number of nitrogens with zero attached hydrogens (tertiary/aromatic N) is 1. The van der Waals surface area contributed by atoms with Crippen LogP contribution in [-0.2, 0) is 4.74 Å². The Morgan fingerprint density at radius 1 is 1.77 bits per heavy atom. The van der Waals surface area contributed by atoms with Crippen LogP contribution in [0.1, 0.15) is 17.3 Å². The molecule has 13 heavy (non-hydrogen) atoms. The van der Waals surface area contributed by atoms with Gasteiger partial charge in [-0.05, 0) is 28.9 Å². The normalized spacial score (nSPS) is 9.77. The highest BCUT2D eigenvalue weighted by atomic mass is 79.9. The lowest BCUT2D eigenvalue weighted by atomic mass is 10.3. The zero-order valence-electron chi connectivity index (χ0n) is 6.88. The number of ether oxygens (including phenoxy) is 1. The van der Waals surface area contributed by atoms with Crippen LogP contribution in [0.15, 0.2) is 16.9 Å².